The second-order valence-corrected chi connectivity index (χ2v) is 3.64. The van der Waals surface area contributed by atoms with E-state index in [0.717, 1.165) is 13.1 Å². The Balaban J connectivity index is 0.000000711. The Kier molecular flexibility index (Phi) is 7.65. The largest absolute Gasteiger partial charge is 0.508 e. The van der Waals surface area contributed by atoms with Gasteiger partial charge < -0.3 is 10.4 Å². The van der Waals surface area contributed by atoms with Gasteiger partial charge in [-0.3, -0.25) is 0 Å². The van der Waals surface area contributed by atoms with E-state index in [1.54, 1.807) is 6.07 Å². The van der Waals surface area contributed by atoms with Crippen molar-refractivity contribution in [3.63, 3.8) is 0 Å². The molecular weight excluding hydrogens is 198 g/mol. The van der Waals surface area contributed by atoms with E-state index in [-0.39, 0.29) is 7.43 Å². The van der Waals surface area contributed by atoms with Crippen molar-refractivity contribution in [3.8, 4) is 5.75 Å². The Morgan fingerprint density at radius 2 is 2.06 bits per heavy atom. The summed E-state index contributed by atoms with van der Waals surface area (Å²) in [5.74, 6) is 0.962. The summed E-state index contributed by atoms with van der Waals surface area (Å²) in [6.45, 7) is 6.18. The van der Waals surface area contributed by atoms with E-state index in [9.17, 15) is 5.11 Å². The topological polar surface area (TPSA) is 32.3 Å². The number of phenolic OH excluding ortho intramolecular Hbond substituents is 1. The summed E-state index contributed by atoms with van der Waals surface area (Å²) in [4.78, 5) is 0. The van der Waals surface area contributed by atoms with Crippen molar-refractivity contribution in [3.05, 3.63) is 29.8 Å². The molecule has 2 rings (SSSR count). The first-order valence-electron chi connectivity index (χ1n) is 5.86. The molecule has 0 saturated carbocycles. The van der Waals surface area contributed by atoms with E-state index < -0.39 is 0 Å². The molecule has 1 atom stereocenters. The fourth-order valence-electron chi connectivity index (χ4n) is 1.92. The van der Waals surface area contributed by atoms with E-state index in [2.05, 4.69) is 11.4 Å². The van der Waals surface area contributed by atoms with Crippen LogP contribution in [0.3, 0.4) is 0 Å². The van der Waals surface area contributed by atoms with Gasteiger partial charge in [-0.15, -0.1) is 0 Å². The first-order chi connectivity index (χ1) is 7.36. The lowest BCUT2D eigenvalue weighted by molar-refractivity contribution is 0.452. The number of aromatic hydroxyl groups is 1. The molecule has 0 bridgehead atoms. The van der Waals surface area contributed by atoms with Gasteiger partial charge in [-0.2, -0.15) is 0 Å². The number of rotatable bonds is 1. The van der Waals surface area contributed by atoms with Crippen LogP contribution in [0.4, 0.5) is 0 Å². The molecule has 2 heteroatoms. The van der Waals surface area contributed by atoms with Gasteiger partial charge in [-0.25, -0.2) is 0 Å². The van der Waals surface area contributed by atoms with Gasteiger partial charge in [0.05, 0.1) is 0 Å². The molecule has 1 aliphatic rings. The zero-order valence-corrected chi connectivity index (χ0v) is 9.66. The fourth-order valence-corrected chi connectivity index (χ4v) is 1.92. The summed E-state index contributed by atoms with van der Waals surface area (Å²) >= 11 is 0. The van der Waals surface area contributed by atoms with Gasteiger partial charge in [0.15, 0.2) is 0 Å². The zero-order chi connectivity index (χ0) is 11.1. The lowest BCUT2D eigenvalue weighted by Gasteiger charge is -2.23. The van der Waals surface area contributed by atoms with Crippen LogP contribution in [0.5, 0.6) is 5.75 Å². The van der Waals surface area contributed by atoms with Crippen molar-refractivity contribution in [2.24, 2.45) is 0 Å². The van der Waals surface area contributed by atoms with Crippen molar-refractivity contribution in [2.75, 3.05) is 13.1 Å². The molecule has 1 heterocycles. The third-order valence-electron chi connectivity index (χ3n) is 2.64. The number of phenols is 1. The van der Waals surface area contributed by atoms with Crippen molar-refractivity contribution in [1.82, 2.24) is 5.32 Å². The minimum Gasteiger partial charge on any atom is -0.508 e. The third kappa shape index (κ3) is 4.23. The van der Waals surface area contributed by atoms with E-state index >= 15 is 0 Å². The van der Waals surface area contributed by atoms with Crippen LogP contribution in [0.15, 0.2) is 24.3 Å². The molecule has 0 aliphatic carbocycles. The summed E-state index contributed by atoms with van der Waals surface area (Å²) in [5, 5.41) is 12.7. The average molecular weight is 223 g/mol. The van der Waals surface area contributed by atoms with E-state index in [1.165, 1.54) is 18.4 Å². The molecule has 1 unspecified atom stereocenters. The molecule has 0 amide bonds. The molecule has 0 aromatic heterocycles. The molecule has 1 saturated heterocycles. The van der Waals surface area contributed by atoms with Crippen LogP contribution in [-0.4, -0.2) is 18.2 Å². The van der Waals surface area contributed by atoms with Crippen LogP contribution in [0.25, 0.3) is 0 Å². The van der Waals surface area contributed by atoms with Gasteiger partial charge in [0, 0.05) is 6.54 Å². The Morgan fingerprint density at radius 3 is 2.62 bits per heavy atom. The number of piperidine rings is 1. The van der Waals surface area contributed by atoms with Crippen LogP contribution in [0, 0.1) is 0 Å². The fraction of sp³-hybridized carbons (Fsp3) is 0.571. The number of benzene rings is 1. The summed E-state index contributed by atoms with van der Waals surface area (Å²) in [7, 11) is 0. The zero-order valence-electron chi connectivity index (χ0n) is 9.66. The van der Waals surface area contributed by atoms with Crippen LogP contribution < -0.4 is 5.32 Å². The molecule has 1 aromatic rings. The highest BCUT2D eigenvalue weighted by molar-refractivity contribution is 5.30. The summed E-state index contributed by atoms with van der Waals surface area (Å²) in [5.41, 5.74) is 1.26. The van der Waals surface area contributed by atoms with E-state index in [0.29, 0.717) is 11.7 Å². The van der Waals surface area contributed by atoms with Crippen LogP contribution >= 0.6 is 0 Å². The second-order valence-electron chi connectivity index (χ2n) is 3.64. The Labute approximate surface area is 99.7 Å². The molecule has 2 nitrogen and oxygen atoms in total. The van der Waals surface area contributed by atoms with E-state index in [1.807, 2.05) is 26.0 Å². The molecule has 0 radical (unpaired) electrons. The average Bonchev–Trinajstić information content (AvgIpc) is 2.33. The maximum absolute atomic E-state index is 9.32. The van der Waals surface area contributed by atoms with Gasteiger partial charge >= 0.3 is 0 Å². The van der Waals surface area contributed by atoms with Gasteiger partial charge in [-0.1, -0.05) is 33.4 Å². The Bertz CT molecular complexity index is 280. The SMILES string of the molecule is C.CC.Oc1cccc(C2CCCNC2)c1. The summed E-state index contributed by atoms with van der Waals surface area (Å²) in [6.07, 6.45) is 2.47. The molecule has 92 valence electrons. The van der Waals surface area contributed by atoms with Crippen LogP contribution in [0.1, 0.15) is 45.6 Å². The monoisotopic (exact) mass is 223 g/mol. The van der Waals surface area contributed by atoms with Crippen molar-refractivity contribution in [2.45, 2.75) is 40.0 Å². The smallest absolute Gasteiger partial charge is 0.115 e. The molecule has 0 spiro atoms. The van der Waals surface area contributed by atoms with Crippen molar-refractivity contribution in [1.29, 1.82) is 0 Å². The van der Waals surface area contributed by atoms with Crippen molar-refractivity contribution >= 4 is 0 Å². The predicted molar refractivity (Wildman–Crippen MR) is 71.0 cm³/mol. The number of hydrogen-bond donors (Lipinski definition) is 2. The molecular formula is C14H25NO. The van der Waals surface area contributed by atoms with Gasteiger partial charge in [0.25, 0.3) is 0 Å². The highest BCUT2D eigenvalue weighted by Crippen LogP contribution is 2.25. The lowest BCUT2D eigenvalue weighted by Crippen LogP contribution is -2.28. The Hall–Kier alpha value is -1.02. The highest BCUT2D eigenvalue weighted by Gasteiger charge is 2.14. The molecule has 1 aliphatic heterocycles. The van der Waals surface area contributed by atoms with Crippen LogP contribution in [-0.2, 0) is 0 Å². The second kappa shape index (κ2) is 8.17. The van der Waals surface area contributed by atoms with Gasteiger partial charge in [-0.05, 0) is 43.0 Å². The molecule has 16 heavy (non-hydrogen) atoms. The standard InChI is InChI=1S/C11H15NO.C2H6.CH4/c13-11-5-1-3-9(7-11)10-4-2-6-12-8-10;1-2;/h1,3,5,7,10,12-13H,2,4,6,8H2;1-2H3;1H4. The van der Waals surface area contributed by atoms with E-state index in [4.69, 9.17) is 0 Å². The number of hydrogen-bond acceptors (Lipinski definition) is 2. The highest BCUT2D eigenvalue weighted by atomic mass is 16.3. The maximum atomic E-state index is 9.32. The summed E-state index contributed by atoms with van der Waals surface area (Å²) < 4.78 is 0. The predicted octanol–water partition coefficient (Wildman–Crippen LogP) is 3.52. The molecule has 1 fully saturated rings. The lowest BCUT2D eigenvalue weighted by atomic mass is 9.92. The third-order valence-corrected chi connectivity index (χ3v) is 2.64. The normalized spacial score (nSPS) is 19.0. The van der Waals surface area contributed by atoms with Gasteiger partial charge in [0.1, 0.15) is 5.75 Å². The number of nitrogens with one attached hydrogen (secondary N) is 1. The maximum Gasteiger partial charge on any atom is 0.115 e. The van der Waals surface area contributed by atoms with Crippen LogP contribution in [0.2, 0.25) is 0 Å². The minimum atomic E-state index is 0. The molecule has 1 aromatic carbocycles. The molecule has 2 N–H and O–H groups in total. The first-order valence-corrected chi connectivity index (χ1v) is 5.86. The quantitative estimate of drug-likeness (QED) is 0.763. The van der Waals surface area contributed by atoms with Gasteiger partial charge in [0.2, 0.25) is 0 Å². The first kappa shape index (κ1) is 15.0. The minimum absolute atomic E-state index is 0. The summed E-state index contributed by atoms with van der Waals surface area (Å²) in [6, 6.07) is 7.61. The van der Waals surface area contributed by atoms with Crippen molar-refractivity contribution < 1.29 is 5.11 Å². The Morgan fingerprint density at radius 1 is 1.31 bits per heavy atom.